The number of carbonyl (C=O) groups is 2. The van der Waals surface area contributed by atoms with Crippen LogP contribution < -0.4 is 0 Å². The van der Waals surface area contributed by atoms with Crippen molar-refractivity contribution in [3.63, 3.8) is 0 Å². The zero-order valence-corrected chi connectivity index (χ0v) is 16.2. The Kier molecular flexibility index (Phi) is 5.42. The van der Waals surface area contributed by atoms with Gasteiger partial charge in [-0.25, -0.2) is 9.78 Å². The van der Waals surface area contributed by atoms with Gasteiger partial charge in [-0.2, -0.15) is 0 Å². The van der Waals surface area contributed by atoms with Crippen molar-refractivity contribution < 1.29 is 18.7 Å². The summed E-state index contributed by atoms with van der Waals surface area (Å²) in [6.45, 7) is 3.03. The number of amides is 1. The Morgan fingerprint density at radius 1 is 1.00 bits per heavy atom. The van der Waals surface area contributed by atoms with Gasteiger partial charge < -0.3 is 14.1 Å². The van der Waals surface area contributed by atoms with Crippen LogP contribution in [-0.4, -0.2) is 34.8 Å². The molecule has 1 saturated heterocycles. The molecule has 29 heavy (non-hydrogen) atoms. The van der Waals surface area contributed by atoms with E-state index in [1.807, 2.05) is 48.5 Å². The van der Waals surface area contributed by atoms with Gasteiger partial charge in [-0.05, 0) is 31.9 Å². The van der Waals surface area contributed by atoms with Gasteiger partial charge >= 0.3 is 5.97 Å². The number of aryl methyl sites for hydroxylation is 1. The molecule has 1 amide bonds. The normalized spacial score (nSPS) is 14.6. The minimum Gasteiger partial charge on any atom is -0.442 e. The number of benzene rings is 2. The molecule has 0 spiro atoms. The lowest BCUT2D eigenvalue weighted by Gasteiger charge is -2.23. The number of hydrogen-bond acceptors (Lipinski definition) is 5. The Bertz CT molecular complexity index is 992. The molecule has 4 rings (SSSR count). The highest BCUT2D eigenvalue weighted by Crippen LogP contribution is 2.26. The average Bonchev–Trinajstić information content (AvgIpc) is 3.43. The molecule has 2 aromatic carbocycles. The van der Waals surface area contributed by atoms with Crippen LogP contribution in [0.1, 0.15) is 40.8 Å². The Morgan fingerprint density at radius 3 is 2.28 bits per heavy atom. The molecule has 1 aliphatic heterocycles. The maximum Gasteiger partial charge on any atom is 0.361 e. The zero-order chi connectivity index (χ0) is 20.2. The van der Waals surface area contributed by atoms with Crippen LogP contribution in [0.25, 0.3) is 11.5 Å². The number of rotatable bonds is 5. The number of nitrogens with zero attached hydrogens (tertiary/aromatic N) is 2. The first kappa shape index (κ1) is 18.9. The van der Waals surface area contributed by atoms with E-state index >= 15 is 0 Å². The van der Waals surface area contributed by atoms with Gasteiger partial charge in [0.05, 0.1) is 0 Å². The van der Waals surface area contributed by atoms with E-state index in [4.69, 9.17) is 9.15 Å². The SMILES string of the molecule is Cc1oc(-c2ccccc2)nc1C(=O)O[C@@H](C(=O)N1CCCC1)c1ccccc1. The van der Waals surface area contributed by atoms with Gasteiger partial charge in [0.1, 0.15) is 5.76 Å². The molecule has 2 heterocycles. The average molecular weight is 390 g/mol. The van der Waals surface area contributed by atoms with E-state index < -0.39 is 12.1 Å². The van der Waals surface area contributed by atoms with Crippen molar-refractivity contribution in [1.29, 1.82) is 0 Å². The summed E-state index contributed by atoms with van der Waals surface area (Å²) in [7, 11) is 0. The van der Waals surface area contributed by atoms with Crippen molar-refractivity contribution in [3.8, 4) is 11.5 Å². The molecule has 0 bridgehead atoms. The van der Waals surface area contributed by atoms with E-state index in [0.717, 1.165) is 18.4 Å². The van der Waals surface area contributed by atoms with Crippen molar-refractivity contribution in [2.75, 3.05) is 13.1 Å². The van der Waals surface area contributed by atoms with E-state index in [0.29, 0.717) is 30.3 Å². The topological polar surface area (TPSA) is 72.6 Å². The van der Waals surface area contributed by atoms with Crippen LogP contribution >= 0.6 is 0 Å². The van der Waals surface area contributed by atoms with Crippen molar-refractivity contribution in [2.24, 2.45) is 0 Å². The van der Waals surface area contributed by atoms with Gasteiger partial charge in [0.15, 0.2) is 5.69 Å². The maximum atomic E-state index is 13.0. The lowest BCUT2D eigenvalue weighted by Crippen LogP contribution is -2.35. The van der Waals surface area contributed by atoms with Gasteiger partial charge in [-0.3, -0.25) is 4.79 Å². The first-order valence-electron chi connectivity index (χ1n) is 9.71. The van der Waals surface area contributed by atoms with Crippen LogP contribution in [0.5, 0.6) is 0 Å². The summed E-state index contributed by atoms with van der Waals surface area (Å²) in [5, 5.41) is 0. The first-order valence-corrected chi connectivity index (χ1v) is 9.71. The number of likely N-dealkylation sites (tertiary alicyclic amines) is 1. The Hall–Kier alpha value is -3.41. The Morgan fingerprint density at radius 2 is 1.62 bits per heavy atom. The molecule has 6 heteroatoms. The summed E-state index contributed by atoms with van der Waals surface area (Å²) >= 11 is 0. The van der Waals surface area contributed by atoms with E-state index in [1.54, 1.807) is 24.0 Å². The monoisotopic (exact) mass is 390 g/mol. The molecule has 1 aromatic heterocycles. The number of ether oxygens (including phenoxy) is 1. The summed E-state index contributed by atoms with van der Waals surface area (Å²) in [6, 6.07) is 18.4. The summed E-state index contributed by atoms with van der Waals surface area (Å²) in [5.74, 6) is -0.173. The van der Waals surface area contributed by atoms with Crippen molar-refractivity contribution in [1.82, 2.24) is 9.88 Å². The lowest BCUT2D eigenvalue weighted by atomic mass is 10.1. The lowest BCUT2D eigenvalue weighted by molar-refractivity contribution is -0.140. The van der Waals surface area contributed by atoms with Crippen LogP contribution in [0.4, 0.5) is 0 Å². The van der Waals surface area contributed by atoms with Gasteiger partial charge in [-0.1, -0.05) is 48.5 Å². The fraction of sp³-hybridized carbons (Fsp3) is 0.261. The van der Waals surface area contributed by atoms with Crippen LogP contribution in [0, 0.1) is 6.92 Å². The van der Waals surface area contributed by atoms with E-state index in [2.05, 4.69) is 4.98 Å². The maximum absolute atomic E-state index is 13.0. The third-order valence-electron chi connectivity index (χ3n) is 4.98. The molecule has 148 valence electrons. The van der Waals surface area contributed by atoms with E-state index in [1.165, 1.54) is 0 Å². The molecule has 0 unspecified atom stereocenters. The number of aromatic nitrogens is 1. The van der Waals surface area contributed by atoms with Crippen LogP contribution in [0.15, 0.2) is 65.1 Å². The highest BCUT2D eigenvalue weighted by atomic mass is 16.5. The second kappa shape index (κ2) is 8.31. The Balaban J connectivity index is 1.60. The second-order valence-electron chi connectivity index (χ2n) is 7.02. The molecule has 0 aliphatic carbocycles. The second-order valence-corrected chi connectivity index (χ2v) is 7.02. The first-order chi connectivity index (χ1) is 14.1. The smallest absolute Gasteiger partial charge is 0.361 e. The van der Waals surface area contributed by atoms with Gasteiger partial charge in [0, 0.05) is 24.2 Å². The predicted octanol–water partition coefficient (Wildman–Crippen LogP) is 4.17. The van der Waals surface area contributed by atoms with Crippen molar-refractivity contribution in [3.05, 3.63) is 77.7 Å². The number of oxazole rings is 1. The number of hydrogen-bond donors (Lipinski definition) is 0. The molecule has 3 aromatic rings. The molecule has 1 atom stereocenters. The molecular formula is C23H22N2O4. The summed E-state index contributed by atoms with van der Waals surface area (Å²) in [5.41, 5.74) is 1.49. The zero-order valence-electron chi connectivity index (χ0n) is 16.2. The highest BCUT2D eigenvalue weighted by Gasteiger charge is 2.32. The van der Waals surface area contributed by atoms with Crippen molar-refractivity contribution >= 4 is 11.9 Å². The van der Waals surface area contributed by atoms with Crippen molar-refractivity contribution in [2.45, 2.75) is 25.9 Å². The third kappa shape index (κ3) is 4.06. The van der Waals surface area contributed by atoms with Crippen LogP contribution in [0.3, 0.4) is 0 Å². The number of carbonyl (C=O) groups excluding carboxylic acids is 2. The minimum absolute atomic E-state index is 0.0824. The summed E-state index contributed by atoms with van der Waals surface area (Å²) in [4.78, 5) is 32.0. The van der Waals surface area contributed by atoms with Gasteiger partial charge in [0.25, 0.3) is 5.91 Å². The standard InChI is InChI=1S/C23H22N2O4/c1-16-19(24-21(28-16)18-12-6-3-7-13-18)23(27)29-20(17-10-4-2-5-11-17)22(26)25-14-8-9-15-25/h2-7,10-13,20H,8-9,14-15H2,1H3/t20-/m1/s1. The van der Waals surface area contributed by atoms with Gasteiger partial charge in [-0.15, -0.1) is 0 Å². The van der Waals surface area contributed by atoms with Crippen LogP contribution in [-0.2, 0) is 9.53 Å². The molecule has 6 nitrogen and oxygen atoms in total. The summed E-state index contributed by atoms with van der Waals surface area (Å²) in [6.07, 6.45) is 0.923. The molecule has 1 aliphatic rings. The fourth-order valence-corrected chi connectivity index (χ4v) is 3.45. The largest absolute Gasteiger partial charge is 0.442 e. The van der Waals surface area contributed by atoms with Gasteiger partial charge in [0.2, 0.25) is 12.0 Å². The molecule has 0 saturated carbocycles. The number of esters is 1. The molecule has 1 fully saturated rings. The fourth-order valence-electron chi connectivity index (χ4n) is 3.45. The molecular weight excluding hydrogens is 368 g/mol. The summed E-state index contributed by atoms with van der Waals surface area (Å²) < 4.78 is 11.3. The minimum atomic E-state index is -1.00. The van der Waals surface area contributed by atoms with Crippen LogP contribution in [0.2, 0.25) is 0 Å². The quantitative estimate of drug-likeness (QED) is 0.612. The molecule has 0 N–H and O–H groups in total. The van der Waals surface area contributed by atoms with E-state index in [9.17, 15) is 9.59 Å². The van der Waals surface area contributed by atoms with E-state index in [-0.39, 0.29) is 11.6 Å². The highest BCUT2D eigenvalue weighted by molar-refractivity contribution is 5.92. The molecule has 0 radical (unpaired) electrons. The third-order valence-corrected chi connectivity index (χ3v) is 4.98. The Labute approximate surface area is 169 Å². The predicted molar refractivity (Wildman–Crippen MR) is 107 cm³/mol.